The van der Waals surface area contributed by atoms with Crippen molar-refractivity contribution in [3.8, 4) is 5.69 Å². The summed E-state index contributed by atoms with van der Waals surface area (Å²) in [6, 6.07) is 16.1. The van der Waals surface area contributed by atoms with Gasteiger partial charge >= 0.3 is 6.18 Å². The summed E-state index contributed by atoms with van der Waals surface area (Å²) in [4.78, 5) is 48.3. The van der Waals surface area contributed by atoms with Gasteiger partial charge in [0.2, 0.25) is 11.8 Å². The van der Waals surface area contributed by atoms with Gasteiger partial charge in [0.05, 0.1) is 44.7 Å². The third-order valence-corrected chi connectivity index (χ3v) is 8.92. The monoisotopic (exact) mass is 592 g/mol. The third kappa shape index (κ3) is 3.51. The van der Waals surface area contributed by atoms with Gasteiger partial charge < -0.3 is 0 Å². The van der Waals surface area contributed by atoms with Crippen LogP contribution in [0.15, 0.2) is 71.5 Å². The van der Waals surface area contributed by atoms with Crippen molar-refractivity contribution in [2.24, 2.45) is 17.8 Å². The fraction of sp³-hybridized carbons (Fsp3) is 0.290. The smallest absolute Gasteiger partial charge is 0.297 e. The fourth-order valence-electron chi connectivity index (χ4n) is 7.03. The molecule has 1 aromatic heterocycles. The molecule has 0 saturated carbocycles. The highest BCUT2D eigenvalue weighted by atomic mass is 35.5. The number of benzene rings is 3. The van der Waals surface area contributed by atoms with E-state index < -0.39 is 47.0 Å². The largest absolute Gasteiger partial charge is 0.416 e. The average molecular weight is 593 g/mol. The number of para-hydroxylation sites is 2. The molecule has 2 saturated heterocycles. The summed E-state index contributed by atoms with van der Waals surface area (Å²) in [6.45, 7) is 3.97. The molecule has 1 spiro atoms. The Morgan fingerprint density at radius 1 is 0.976 bits per heavy atom. The fourth-order valence-corrected chi connectivity index (χ4v) is 7.23. The Bertz CT molecular complexity index is 1890. The molecule has 11 heteroatoms. The van der Waals surface area contributed by atoms with Crippen LogP contribution in [0, 0.1) is 17.8 Å². The second-order valence-electron chi connectivity index (χ2n) is 11.5. The minimum Gasteiger partial charge on any atom is -0.297 e. The number of alkyl halides is 3. The van der Waals surface area contributed by atoms with E-state index in [0.717, 1.165) is 23.1 Å². The van der Waals surface area contributed by atoms with Gasteiger partial charge in [-0.25, -0.2) is 9.88 Å². The average Bonchev–Trinajstić information content (AvgIpc) is 3.51. The van der Waals surface area contributed by atoms with E-state index >= 15 is 0 Å². The van der Waals surface area contributed by atoms with Gasteiger partial charge in [-0.1, -0.05) is 55.8 Å². The summed E-state index contributed by atoms with van der Waals surface area (Å²) >= 11 is 6.35. The van der Waals surface area contributed by atoms with Crippen LogP contribution in [-0.2, 0) is 21.3 Å². The van der Waals surface area contributed by atoms with Crippen molar-refractivity contribution >= 4 is 40.0 Å². The lowest BCUT2D eigenvalue weighted by Gasteiger charge is -2.32. The molecule has 0 radical (unpaired) electrons. The summed E-state index contributed by atoms with van der Waals surface area (Å²) in [6.07, 6.45) is -4.22. The molecule has 2 unspecified atom stereocenters. The molecular formula is C31H24ClF3N4O3. The number of carbonyl (C=O) groups is 2. The van der Waals surface area contributed by atoms with Crippen molar-refractivity contribution in [3.05, 3.63) is 99.1 Å². The maximum absolute atomic E-state index is 14.5. The molecule has 214 valence electrons. The molecule has 0 aliphatic carbocycles. The van der Waals surface area contributed by atoms with Crippen molar-refractivity contribution in [1.82, 2.24) is 14.9 Å². The van der Waals surface area contributed by atoms with Crippen LogP contribution in [-0.4, -0.2) is 27.4 Å². The van der Waals surface area contributed by atoms with E-state index in [2.05, 4.69) is 5.32 Å². The van der Waals surface area contributed by atoms with Gasteiger partial charge in [0.1, 0.15) is 11.4 Å². The van der Waals surface area contributed by atoms with Gasteiger partial charge in [0.25, 0.3) is 5.56 Å². The van der Waals surface area contributed by atoms with Gasteiger partial charge in [0, 0.05) is 11.6 Å². The first-order valence-corrected chi connectivity index (χ1v) is 14.0. The van der Waals surface area contributed by atoms with E-state index in [1.54, 1.807) is 48.5 Å². The second-order valence-corrected chi connectivity index (χ2v) is 11.9. The topological polar surface area (TPSA) is 84.3 Å². The number of fused-ring (bicyclic) bond motifs is 8. The van der Waals surface area contributed by atoms with Crippen LogP contribution < -0.4 is 15.8 Å². The van der Waals surface area contributed by atoms with E-state index in [-0.39, 0.29) is 28.0 Å². The molecule has 1 N–H and O–H groups in total. The molecule has 3 aliphatic heterocycles. The first-order chi connectivity index (χ1) is 19.9. The minimum atomic E-state index is -4.71. The maximum atomic E-state index is 14.5. The molecule has 2 fully saturated rings. The number of amides is 2. The van der Waals surface area contributed by atoms with Crippen molar-refractivity contribution in [1.29, 1.82) is 0 Å². The molecule has 3 aromatic carbocycles. The number of carbonyl (C=O) groups excluding carboxylic acids is 2. The second kappa shape index (κ2) is 8.99. The summed E-state index contributed by atoms with van der Waals surface area (Å²) in [5.41, 5.74) is -1.49. The zero-order valence-corrected chi connectivity index (χ0v) is 23.2. The van der Waals surface area contributed by atoms with Crippen LogP contribution in [0.25, 0.3) is 16.6 Å². The van der Waals surface area contributed by atoms with Gasteiger partial charge in [-0.05, 0) is 48.7 Å². The van der Waals surface area contributed by atoms with Gasteiger partial charge in [-0.3, -0.25) is 24.3 Å². The molecule has 7 nitrogen and oxygen atoms in total. The molecule has 4 atom stereocenters. The quantitative estimate of drug-likeness (QED) is 0.320. The van der Waals surface area contributed by atoms with Crippen molar-refractivity contribution in [2.75, 3.05) is 4.90 Å². The Kier molecular flexibility index (Phi) is 5.75. The van der Waals surface area contributed by atoms with E-state index in [0.29, 0.717) is 28.6 Å². The summed E-state index contributed by atoms with van der Waals surface area (Å²) in [5, 5.41) is 3.83. The number of nitrogens with one attached hydrogen (secondary N) is 1. The Morgan fingerprint density at radius 3 is 2.43 bits per heavy atom. The molecule has 4 heterocycles. The van der Waals surface area contributed by atoms with Crippen molar-refractivity contribution in [3.63, 3.8) is 0 Å². The predicted molar refractivity (Wildman–Crippen MR) is 150 cm³/mol. The van der Waals surface area contributed by atoms with Gasteiger partial charge in [-0.15, -0.1) is 0 Å². The number of halogens is 4. The summed E-state index contributed by atoms with van der Waals surface area (Å²) in [7, 11) is 0. The highest BCUT2D eigenvalue weighted by molar-refractivity contribution is 6.36. The zero-order valence-electron chi connectivity index (χ0n) is 22.4. The SMILES string of the molecule is CC(C)CC1NC2(c3ccccc3-n3c2nc2ccccc2c3=O)[C@H]2C(=O)N(c3cc(C(F)(F)F)ccc3Cl)C(=O)[C@@H]12. The number of anilines is 1. The molecule has 0 bridgehead atoms. The first-order valence-electron chi connectivity index (χ1n) is 13.6. The Balaban J connectivity index is 1.50. The standard InChI is InChI=1S/C31H24ClF3N4O3/c1-15(2)13-21-24-25(28(42)38(27(24)41)23-14-16(31(33,34)35)11-12-19(23)32)30(37-21)18-8-4-6-10-22(18)39-26(40)17-7-3-5-9-20(17)36-29(30)39/h3-12,14-15,21,24-25,37H,13H2,1-2H3/t21?,24-,25+,30?/m0/s1. The Labute approximate surface area is 242 Å². The third-order valence-electron chi connectivity index (χ3n) is 8.60. The number of aromatic nitrogens is 2. The molecule has 7 rings (SSSR count). The molecule has 2 amide bonds. The molecule has 4 aromatic rings. The lowest BCUT2D eigenvalue weighted by atomic mass is 9.75. The lowest BCUT2D eigenvalue weighted by Crippen LogP contribution is -2.50. The highest BCUT2D eigenvalue weighted by Gasteiger charge is 2.70. The number of hydrogen-bond donors (Lipinski definition) is 1. The molecule has 3 aliphatic rings. The predicted octanol–water partition coefficient (Wildman–Crippen LogP) is 5.44. The summed E-state index contributed by atoms with van der Waals surface area (Å²) in [5.74, 6) is -2.99. The van der Waals surface area contributed by atoms with Crippen LogP contribution >= 0.6 is 11.6 Å². The first kappa shape index (κ1) is 26.9. The van der Waals surface area contributed by atoms with Crippen molar-refractivity contribution < 1.29 is 22.8 Å². The van der Waals surface area contributed by atoms with Crippen LogP contribution in [0.5, 0.6) is 0 Å². The Hall–Kier alpha value is -4.02. The van der Waals surface area contributed by atoms with Crippen molar-refractivity contribution in [2.45, 2.75) is 38.0 Å². The molecule has 42 heavy (non-hydrogen) atoms. The lowest BCUT2D eigenvalue weighted by molar-refractivity contribution is -0.137. The van der Waals surface area contributed by atoms with E-state index in [4.69, 9.17) is 16.6 Å². The van der Waals surface area contributed by atoms with Crippen LogP contribution in [0.3, 0.4) is 0 Å². The van der Waals surface area contributed by atoms with E-state index in [1.807, 2.05) is 13.8 Å². The van der Waals surface area contributed by atoms with Gasteiger partial charge in [0.15, 0.2) is 0 Å². The summed E-state index contributed by atoms with van der Waals surface area (Å²) < 4.78 is 42.5. The van der Waals surface area contributed by atoms with Crippen LogP contribution in [0.4, 0.5) is 18.9 Å². The molecular weight excluding hydrogens is 569 g/mol. The highest BCUT2D eigenvalue weighted by Crippen LogP contribution is 2.56. The number of rotatable bonds is 3. The van der Waals surface area contributed by atoms with Gasteiger partial charge in [-0.2, -0.15) is 13.2 Å². The maximum Gasteiger partial charge on any atom is 0.416 e. The van der Waals surface area contributed by atoms with Crippen LogP contribution in [0.2, 0.25) is 5.02 Å². The Morgan fingerprint density at radius 2 is 1.69 bits per heavy atom. The zero-order chi connectivity index (χ0) is 29.7. The minimum absolute atomic E-state index is 0.107. The number of hydrogen-bond acceptors (Lipinski definition) is 5. The van der Waals surface area contributed by atoms with E-state index in [1.165, 1.54) is 4.57 Å². The number of nitrogens with zero attached hydrogens (tertiary/aromatic N) is 3. The normalized spacial score (nSPS) is 24.6. The number of imide groups is 1. The van der Waals surface area contributed by atoms with Crippen LogP contribution in [0.1, 0.15) is 37.2 Å². The van der Waals surface area contributed by atoms with E-state index in [9.17, 15) is 27.6 Å².